The standard InChI is InChI=1S/C14H24O5S/c1-18-14(6-8-19-9-7-14)13(15)11-4-3-5-12(10-11)20(2,16)17/h11-12H,3-10H2,1-2H3. The van der Waals surface area contributed by atoms with Crippen LogP contribution in [0.1, 0.15) is 38.5 Å². The number of hydrogen-bond acceptors (Lipinski definition) is 5. The zero-order valence-corrected chi connectivity index (χ0v) is 13.1. The van der Waals surface area contributed by atoms with E-state index >= 15 is 0 Å². The monoisotopic (exact) mass is 304 g/mol. The van der Waals surface area contributed by atoms with Crippen LogP contribution in [0.3, 0.4) is 0 Å². The Bertz CT molecular complexity index is 450. The second-order valence-electron chi connectivity index (χ2n) is 5.99. The number of carbonyl (C=O) groups is 1. The Morgan fingerprint density at radius 1 is 1.25 bits per heavy atom. The Morgan fingerprint density at radius 2 is 1.90 bits per heavy atom. The predicted octanol–water partition coefficient (Wildman–Crippen LogP) is 1.35. The fraction of sp³-hybridized carbons (Fsp3) is 0.929. The molecule has 116 valence electrons. The fourth-order valence-electron chi connectivity index (χ4n) is 3.40. The third kappa shape index (κ3) is 3.23. The average Bonchev–Trinajstić information content (AvgIpc) is 2.46. The minimum absolute atomic E-state index is 0.0802. The molecule has 0 amide bonds. The lowest BCUT2D eigenvalue weighted by atomic mass is 9.76. The highest BCUT2D eigenvalue weighted by atomic mass is 32.2. The van der Waals surface area contributed by atoms with Crippen LogP contribution in [0, 0.1) is 5.92 Å². The van der Waals surface area contributed by atoms with E-state index < -0.39 is 15.4 Å². The summed E-state index contributed by atoms with van der Waals surface area (Å²) in [6, 6.07) is 0. The minimum Gasteiger partial charge on any atom is -0.381 e. The maximum atomic E-state index is 12.8. The SMILES string of the molecule is COC1(C(=O)C2CCCC(S(C)(=O)=O)C2)CCOCC1. The summed E-state index contributed by atoms with van der Waals surface area (Å²) in [6.45, 7) is 1.06. The van der Waals surface area contributed by atoms with E-state index in [9.17, 15) is 13.2 Å². The second kappa shape index (κ2) is 6.12. The van der Waals surface area contributed by atoms with Gasteiger partial charge in [0.25, 0.3) is 0 Å². The molecule has 1 heterocycles. The number of methoxy groups -OCH3 is 1. The van der Waals surface area contributed by atoms with Crippen LogP contribution < -0.4 is 0 Å². The van der Waals surface area contributed by atoms with Gasteiger partial charge in [0, 0.05) is 45.3 Å². The first-order valence-corrected chi connectivity index (χ1v) is 9.20. The zero-order chi connectivity index (χ0) is 14.8. The molecule has 2 aliphatic rings. The smallest absolute Gasteiger partial charge is 0.167 e. The second-order valence-corrected chi connectivity index (χ2v) is 8.32. The third-order valence-electron chi connectivity index (χ3n) is 4.74. The van der Waals surface area contributed by atoms with E-state index in [0.717, 1.165) is 12.8 Å². The molecule has 2 rings (SSSR count). The molecule has 0 aromatic carbocycles. The molecule has 1 saturated carbocycles. The van der Waals surface area contributed by atoms with Gasteiger partial charge in [0.15, 0.2) is 5.78 Å². The number of sulfone groups is 1. The average molecular weight is 304 g/mol. The number of ether oxygens (including phenoxy) is 2. The van der Waals surface area contributed by atoms with Crippen molar-refractivity contribution in [3.8, 4) is 0 Å². The van der Waals surface area contributed by atoms with Gasteiger partial charge in [-0.1, -0.05) is 6.42 Å². The van der Waals surface area contributed by atoms with E-state index in [0.29, 0.717) is 38.9 Å². The van der Waals surface area contributed by atoms with Crippen molar-refractivity contribution in [3.63, 3.8) is 0 Å². The number of ketones is 1. The van der Waals surface area contributed by atoms with Gasteiger partial charge in [0.1, 0.15) is 15.4 Å². The largest absolute Gasteiger partial charge is 0.381 e. The van der Waals surface area contributed by atoms with Gasteiger partial charge >= 0.3 is 0 Å². The van der Waals surface area contributed by atoms with Crippen molar-refractivity contribution in [3.05, 3.63) is 0 Å². The van der Waals surface area contributed by atoms with E-state index in [1.165, 1.54) is 6.26 Å². The molecule has 6 heteroatoms. The number of Topliss-reactive ketones (excluding diaryl/α,β-unsaturated/α-hetero) is 1. The van der Waals surface area contributed by atoms with E-state index in [4.69, 9.17) is 9.47 Å². The van der Waals surface area contributed by atoms with Crippen LogP contribution in [-0.2, 0) is 24.1 Å². The summed E-state index contributed by atoms with van der Waals surface area (Å²) in [4.78, 5) is 12.8. The van der Waals surface area contributed by atoms with Gasteiger partial charge in [-0.2, -0.15) is 0 Å². The summed E-state index contributed by atoms with van der Waals surface area (Å²) >= 11 is 0. The Kier molecular flexibility index (Phi) is 4.87. The van der Waals surface area contributed by atoms with E-state index in [-0.39, 0.29) is 17.0 Å². The molecule has 5 nitrogen and oxygen atoms in total. The molecule has 0 spiro atoms. The van der Waals surface area contributed by atoms with Crippen molar-refractivity contribution in [1.82, 2.24) is 0 Å². The molecule has 0 aromatic heterocycles. The van der Waals surface area contributed by atoms with Gasteiger partial charge in [-0.15, -0.1) is 0 Å². The van der Waals surface area contributed by atoms with Gasteiger partial charge in [0.2, 0.25) is 0 Å². The van der Waals surface area contributed by atoms with Crippen molar-refractivity contribution in [1.29, 1.82) is 0 Å². The van der Waals surface area contributed by atoms with E-state index in [1.807, 2.05) is 0 Å². The molecule has 1 aliphatic carbocycles. The molecule has 2 fully saturated rings. The lowest BCUT2D eigenvalue weighted by molar-refractivity contribution is -0.157. The van der Waals surface area contributed by atoms with Crippen LogP contribution in [-0.4, -0.2) is 51.6 Å². The van der Waals surface area contributed by atoms with Crippen molar-refractivity contribution >= 4 is 15.6 Å². The summed E-state index contributed by atoms with van der Waals surface area (Å²) in [5, 5.41) is -0.376. The summed E-state index contributed by atoms with van der Waals surface area (Å²) in [7, 11) is -1.50. The molecule has 0 aromatic rings. The first-order chi connectivity index (χ1) is 9.39. The quantitative estimate of drug-likeness (QED) is 0.784. The molecule has 1 aliphatic heterocycles. The molecule has 0 N–H and O–H groups in total. The number of rotatable bonds is 4. The lowest BCUT2D eigenvalue weighted by Crippen LogP contribution is -2.50. The van der Waals surface area contributed by atoms with Crippen molar-refractivity contribution in [2.45, 2.75) is 49.4 Å². The van der Waals surface area contributed by atoms with Gasteiger partial charge in [-0.25, -0.2) is 8.42 Å². The minimum atomic E-state index is -3.07. The number of carbonyl (C=O) groups excluding carboxylic acids is 1. The fourth-order valence-corrected chi connectivity index (χ4v) is 4.57. The van der Waals surface area contributed by atoms with Crippen molar-refractivity contribution in [2.75, 3.05) is 26.6 Å². The Hall–Kier alpha value is -0.460. The van der Waals surface area contributed by atoms with Gasteiger partial charge in [0.05, 0.1) is 5.25 Å². The predicted molar refractivity (Wildman–Crippen MR) is 75.4 cm³/mol. The zero-order valence-electron chi connectivity index (χ0n) is 12.3. The summed E-state index contributed by atoms with van der Waals surface area (Å²) in [6.07, 6.45) is 5.10. The normalized spacial score (nSPS) is 30.9. The van der Waals surface area contributed by atoms with Crippen LogP contribution in [0.5, 0.6) is 0 Å². The van der Waals surface area contributed by atoms with Crippen LogP contribution in [0.2, 0.25) is 0 Å². The summed E-state index contributed by atoms with van der Waals surface area (Å²) < 4.78 is 34.3. The molecule has 2 unspecified atom stereocenters. The molecular formula is C14H24O5S. The highest BCUT2D eigenvalue weighted by Crippen LogP contribution is 2.36. The number of hydrogen-bond donors (Lipinski definition) is 0. The summed E-state index contributed by atoms with van der Waals surface area (Å²) in [5.74, 6) is -0.113. The summed E-state index contributed by atoms with van der Waals surface area (Å²) in [5.41, 5.74) is -0.762. The van der Waals surface area contributed by atoms with E-state index in [2.05, 4.69) is 0 Å². The molecule has 20 heavy (non-hydrogen) atoms. The van der Waals surface area contributed by atoms with Gasteiger partial charge in [-0.3, -0.25) is 4.79 Å². The molecule has 2 atom stereocenters. The highest BCUT2D eigenvalue weighted by molar-refractivity contribution is 7.91. The Balaban J connectivity index is 2.11. The molecule has 1 saturated heterocycles. The topological polar surface area (TPSA) is 69.7 Å². The van der Waals surface area contributed by atoms with Crippen molar-refractivity contribution < 1.29 is 22.7 Å². The van der Waals surface area contributed by atoms with Crippen LogP contribution in [0.4, 0.5) is 0 Å². The first-order valence-electron chi connectivity index (χ1n) is 7.25. The molecule has 0 radical (unpaired) electrons. The van der Waals surface area contributed by atoms with Crippen LogP contribution in [0.25, 0.3) is 0 Å². The first kappa shape index (κ1) is 15.9. The highest BCUT2D eigenvalue weighted by Gasteiger charge is 2.45. The lowest BCUT2D eigenvalue weighted by Gasteiger charge is -2.38. The molecule has 0 bridgehead atoms. The maximum Gasteiger partial charge on any atom is 0.167 e. The Labute approximate surface area is 120 Å². The van der Waals surface area contributed by atoms with E-state index in [1.54, 1.807) is 7.11 Å². The Morgan fingerprint density at radius 3 is 2.45 bits per heavy atom. The van der Waals surface area contributed by atoms with Gasteiger partial charge < -0.3 is 9.47 Å². The van der Waals surface area contributed by atoms with Crippen LogP contribution >= 0.6 is 0 Å². The molecular weight excluding hydrogens is 280 g/mol. The van der Waals surface area contributed by atoms with Gasteiger partial charge in [-0.05, 0) is 19.3 Å². The van der Waals surface area contributed by atoms with Crippen molar-refractivity contribution in [2.24, 2.45) is 5.92 Å². The maximum absolute atomic E-state index is 12.8. The third-order valence-corrected chi connectivity index (χ3v) is 6.38. The van der Waals surface area contributed by atoms with Crippen LogP contribution in [0.15, 0.2) is 0 Å².